The average molecular weight is 395 g/mol. The molecule has 8 heteroatoms. The lowest BCUT2D eigenvalue weighted by Crippen LogP contribution is -2.43. The molecule has 2 aromatic carbocycles. The summed E-state index contributed by atoms with van der Waals surface area (Å²) in [6, 6.07) is 6.65. The summed E-state index contributed by atoms with van der Waals surface area (Å²) < 4.78 is 31.9. The van der Waals surface area contributed by atoms with E-state index in [1.165, 1.54) is 18.1 Å². The lowest BCUT2D eigenvalue weighted by Gasteiger charge is -2.25. The van der Waals surface area contributed by atoms with Gasteiger partial charge in [0.25, 0.3) is 5.91 Å². The Morgan fingerprint density at radius 3 is 2.56 bits per heavy atom. The molecule has 0 aromatic heterocycles. The summed E-state index contributed by atoms with van der Waals surface area (Å²) in [4.78, 5) is 27.0. The van der Waals surface area contributed by atoms with E-state index in [2.05, 4.69) is 5.32 Å². The molecule has 1 aliphatic heterocycles. The van der Waals surface area contributed by atoms with Gasteiger partial charge in [0.2, 0.25) is 5.91 Å². The molecule has 1 unspecified atom stereocenters. The number of hydrogen-bond acceptors (Lipinski definition) is 3. The summed E-state index contributed by atoms with van der Waals surface area (Å²) in [5.74, 6) is -2.14. The maximum atomic E-state index is 13.3. The predicted molar refractivity (Wildman–Crippen MR) is 97.1 cm³/mol. The van der Waals surface area contributed by atoms with Crippen molar-refractivity contribution in [3.05, 3.63) is 58.6 Å². The van der Waals surface area contributed by atoms with Gasteiger partial charge in [0, 0.05) is 23.3 Å². The summed E-state index contributed by atoms with van der Waals surface area (Å²) in [6.45, 7) is 0.379. The van der Waals surface area contributed by atoms with Crippen molar-refractivity contribution in [2.75, 3.05) is 19.0 Å². The van der Waals surface area contributed by atoms with Crippen LogP contribution in [0.15, 0.2) is 36.4 Å². The Hall–Kier alpha value is -2.67. The van der Waals surface area contributed by atoms with Crippen LogP contribution in [0.4, 0.5) is 14.5 Å². The molecule has 142 valence electrons. The molecule has 1 aliphatic rings. The van der Waals surface area contributed by atoms with Crippen molar-refractivity contribution in [2.45, 2.75) is 18.9 Å². The molecular weight excluding hydrogens is 378 g/mol. The van der Waals surface area contributed by atoms with E-state index < -0.39 is 29.5 Å². The average Bonchev–Trinajstić information content (AvgIpc) is 3.10. The monoisotopic (exact) mass is 394 g/mol. The normalized spacial score (nSPS) is 16.3. The molecule has 27 heavy (non-hydrogen) atoms. The molecule has 5 nitrogen and oxygen atoms in total. The standard InChI is InChI=1S/C19H17ClF2N2O3/c1-27-17-5-4-11(20)7-15(17)19(26)24-6-2-3-16(24)18(25)23-14-9-12(21)8-13(22)10-14/h4-5,7-10,16H,2-3,6H2,1H3,(H,23,25). The first-order valence-electron chi connectivity index (χ1n) is 8.30. The van der Waals surface area contributed by atoms with Crippen LogP contribution in [0.5, 0.6) is 5.75 Å². The summed E-state index contributed by atoms with van der Waals surface area (Å²) in [7, 11) is 1.44. The Labute approximate surface area is 159 Å². The molecule has 1 heterocycles. The van der Waals surface area contributed by atoms with Gasteiger partial charge in [-0.15, -0.1) is 0 Å². The highest BCUT2D eigenvalue weighted by Crippen LogP contribution is 2.28. The number of anilines is 1. The van der Waals surface area contributed by atoms with Crippen LogP contribution in [0.2, 0.25) is 5.02 Å². The number of likely N-dealkylation sites (tertiary alicyclic amines) is 1. The molecular formula is C19H17ClF2N2O3. The number of benzene rings is 2. The van der Waals surface area contributed by atoms with Gasteiger partial charge in [-0.05, 0) is 43.2 Å². The van der Waals surface area contributed by atoms with Crippen LogP contribution in [0, 0.1) is 11.6 Å². The molecule has 0 bridgehead atoms. The van der Waals surface area contributed by atoms with Crippen LogP contribution < -0.4 is 10.1 Å². The quantitative estimate of drug-likeness (QED) is 0.856. The van der Waals surface area contributed by atoms with Gasteiger partial charge in [-0.1, -0.05) is 11.6 Å². The highest BCUT2D eigenvalue weighted by Gasteiger charge is 2.35. The van der Waals surface area contributed by atoms with E-state index in [9.17, 15) is 18.4 Å². The summed E-state index contributed by atoms with van der Waals surface area (Å²) >= 11 is 5.98. The zero-order valence-corrected chi connectivity index (χ0v) is 15.2. The minimum Gasteiger partial charge on any atom is -0.496 e. The van der Waals surface area contributed by atoms with Crippen molar-refractivity contribution in [2.24, 2.45) is 0 Å². The topological polar surface area (TPSA) is 58.6 Å². The number of nitrogens with one attached hydrogen (secondary N) is 1. The lowest BCUT2D eigenvalue weighted by atomic mass is 10.1. The molecule has 1 fully saturated rings. The summed E-state index contributed by atoms with van der Waals surface area (Å²) in [5, 5.41) is 2.84. The first kappa shape index (κ1) is 19.1. The van der Waals surface area contributed by atoms with Crippen molar-refractivity contribution in [1.82, 2.24) is 4.90 Å². The molecule has 1 saturated heterocycles. The van der Waals surface area contributed by atoms with Gasteiger partial charge in [0.15, 0.2) is 0 Å². The van der Waals surface area contributed by atoms with Crippen LogP contribution in [0.3, 0.4) is 0 Å². The van der Waals surface area contributed by atoms with Gasteiger partial charge in [0.05, 0.1) is 12.7 Å². The molecule has 0 spiro atoms. The van der Waals surface area contributed by atoms with E-state index in [1.807, 2.05) is 0 Å². The number of methoxy groups -OCH3 is 1. The lowest BCUT2D eigenvalue weighted by molar-refractivity contribution is -0.119. The van der Waals surface area contributed by atoms with Gasteiger partial charge in [-0.2, -0.15) is 0 Å². The van der Waals surface area contributed by atoms with E-state index >= 15 is 0 Å². The molecule has 0 saturated carbocycles. The fraction of sp³-hybridized carbons (Fsp3) is 0.263. The van der Waals surface area contributed by atoms with Crippen molar-refractivity contribution in [3.63, 3.8) is 0 Å². The third kappa shape index (κ3) is 4.19. The van der Waals surface area contributed by atoms with Gasteiger partial charge in [-0.25, -0.2) is 8.78 Å². The maximum absolute atomic E-state index is 13.3. The third-order valence-electron chi connectivity index (χ3n) is 4.34. The van der Waals surface area contributed by atoms with Gasteiger partial charge in [-0.3, -0.25) is 9.59 Å². The fourth-order valence-corrected chi connectivity index (χ4v) is 3.31. The first-order chi connectivity index (χ1) is 12.9. The Balaban J connectivity index is 1.81. The minimum atomic E-state index is -0.798. The zero-order valence-electron chi connectivity index (χ0n) is 14.5. The third-order valence-corrected chi connectivity index (χ3v) is 4.57. The van der Waals surface area contributed by atoms with Crippen molar-refractivity contribution >= 4 is 29.1 Å². The molecule has 2 amide bonds. The molecule has 3 rings (SSSR count). The fourth-order valence-electron chi connectivity index (χ4n) is 3.14. The number of halogens is 3. The summed E-state index contributed by atoms with van der Waals surface area (Å²) in [5.41, 5.74) is 0.249. The second kappa shape index (κ2) is 7.92. The van der Waals surface area contributed by atoms with Crippen LogP contribution in [0.1, 0.15) is 23.2 Å². The Morgan fingerprint density at radius 1 is 1.19 bits per heavy atom. The molecule has 1 N–H and O–H groups in total. The van der Waals surface area contributed by atoms with Gasteiger partial charge in [0.1, 0.15) is 23.4 Å². The summed E-state index contributed by atoms with van der Waals surface area (Å²) in [6.07, 6.45) is 1.07. The Bertz CT molecular complexity index is 871. The van der Waals surface area contributed by atoms with Crippen molar-refractivity contribution in [3.8, 4) is 5.75 Å². The molecule has 1 atom stereocenters. The zero-order chi connectivity index (χ0) is 19.6. The Morgan fingerprint density at radius 2 is 1.89 bits per heavy atom. The van der Waals surface area contributed by atoms with Crippen LogP contribution in [-0.4, -0.2) is 36.4 Å². The highest BCUT2D eigenvalue weighted by atomic mass is 35.5. The van der Waals surface area contributed by atoms with Crippen LogP contribution >= 0.6 is 11.6 Å². The number of ether oxygens (including phenoxy) is 1. The van der Waals surface area contributed by atoms with E-state index in [1.54, 1.807) is 12.1 Å². The largest absolute Gasteiger partial charge is 0.496 e. The van der Waals surface area contributed by atoms with E-state index in [0.717, 1.165) is 12.1 Å². The van der Waals surface area contributed by atoms with E-state index in [4.69, 9.17) is 16.3 Å². The smallest absolute Gasteiger partial charge is 0.258 e. The number of hydrogen-bond donors (Lipinski definition) is 1. The van der Waals surface area contributed by atoms with Gasteiger partial charge < -0.3 is 15.0 Å². The first-order valence-corrected chi connectivity index (χ1v) is 8.68. The molecule has 0 aliphatic carbocycles. The minimum absolute atomic E-state index is 0.00265. The number of carbonyl (C=O) groups excluding carboxylic acids is 2. The second-order valence-corrected chi connectivity index (χ2v) is 6.58. The maximum Gasteiger partial charge on any atom is 0.258 e. The number of amides is 2. The molecule has 2 aromatic rings. The second-order valence-electron chi connectivity index (χ2n) is 6.15. The number of carbonyl (C=O) groups is 2. The SMILES string of the molecule is COc1ccc(Cl)cc1C(=O)N1CCCC1C(=O)Nc1cc(F)cc(F)c1. The van der Waals surface area contributed by atoms with Crippen molar-refractivity contribution < 1.29 is 23.1 Å². The highest BCUT2D eigenvalue weighted by molar-refractivity contribution is 6.31. The number of rotatable bonds is 4. The van der Waals surface area contributed by atoms with E-state index in [0.29, 0.717) is 36.2 Å². The predicted octanol–water partition coefficient (Wildman–Crippen LogP) is 3.87. The van der Waals surface area contributed by atoms with E-state index in [-0.39, 0.29) is 11.3 Å². The number of nitrogens with zero attached hydrogens (tertiary/aromatic N) is 1. The molecule has 0 radical (unpaired) electrons. The van der Waals surface area contributed by atoms with Crippen LogP contribution in [-0.2, 0) is 4.79 Å². The van der Waals surface area contributed by atoms with Crippen molar-refractivity contribution in [1.29, 1.82) is 0 Å². The Kier molecular flexibility index (Phi) is 5.60. The van der Waals surface area contributed by atoms with Gasteiger partial charge >= 0.3 is 0 Å². The van der Waals surface area contributed by atoms with Crippen LogP contribution in [0.25, 0.3) is 0 Å².